The summed E-state index contributed by atoms with van der Waals surface area (Å²) in [5.74, 6) is -1.12. The number of rotatable bonds is 13. The van der Waals surface area contributed by atoms with Crippen molar-refractivity contribution in [3.8, 4) is 0 Å². The monoisotopic (exact) mass is 428 g/mol. The molecule has 2 aliphatic carbocycles. The maximum Gasteiger partial charge on any atom is 0.308 e. The van der Waals surface area contributed by atoms with Crippen molar-refractivity contribution in [2.24, 2.45) is 23.7 Å². The molecule has 2 aliphatic rings. The molecule has 4 N–H and O–H groups in total. The molecule has 0 heterocycles. The molecule has 0 unspecified atom stereocenters. The number of aliphatic hydroxyl groups excluding tert-OH is 3. The van der Waals surface area contributed by atoms with Gasteiger partial charge in [0, 0.05) is 12.3 Å². The van der Waals surface area contributed by atoms with E-state index < -0.39 is 30.4 Å². The molecule has 0 saturated heterocycles. The Hall–Kier alpha value is -1.70. The molecule has 0 aromatic carbocycles. The number of allylic oxidation sites excluding steroid dienone is 2. The second-order valence-electron chi connectivity index (χ2n) is 8.77. The summed E-state index contributed by atoms with van der Waals surface area (Å²) < 4.78 is 34.6. The van der Waals surface area contributed by atoms with E-state index in [1.807, 2.05) is 26.0 Å². The molecule has 30 heavy (non-hydrogen) atoms. The minimum Gasteiger partial charge on any atom is -0.481 e. The molecule has 7 nitrogen and oxygen atoms in total. The first-order valence-corrected chi connectivity index (χ1v) is 10.9. The van der Waals surface area contributed by atoms with E-state index in [-0.39, 0.29) is 42.5 Å². The summed E-state index contributed by atoms with van der Waals surface area (Å²) in [4.78, 5) is 24.0. The van der Waals surface area contributed by atoms with Crippen molar-refractivity contribution in [1.82, 2.24) is 0 Å². The quantitative estimate of drug-likeness (QED) is 0.332. The van der Waals surface area contributed by atoms with E-state index in [1.54, 1.807) is 0 Å². The van der Waals surface area contributed by atoms with Gasteiger partial charge in [0.15, 0.2) is 0 Å². The Labute approximate surface area is 184 Å². The van der Waals surface area contributed by atoms with E-state index in [0.717, 1.165) is 5.57 Å². The number of ether oxygens (including phenoxy) is 1. The highest BCUT2D eigenvalue weighted by Gasteiger charge is 2.42. The van der Waals surface area contributed by atoms with Crippen LogP contribution in [0, 0.1) is 23.7 Å². The molecule has 0 aliphatic heterocycles. The van der Waals surface area contributed by atoms with Crippen LogP contribution < -0.4 is 0 Å². The number of hydrogen-bond donors (Lipinski definition) is 4. The topological polar surface area (TPSA) is 124 Å². The van der Waals surface area contributed by atoms with Crippen molar-refractivity contribution >= 4 is 11.9 Å². The first kappa shape index (κ1) is 19.0. The van der Waals surface area contributed by atoms with Crippen LogP contribution in [0.2, 0.25) is 0 Å². The molecule has 0 aromatic rings. The van der Waals surface area contributed by atoms with Gasteiger partial charge in [-0.05, 0) is 43.1 Å². The van der Waals surface area contributed by atoms with Crippen molar-refractivity contribution in [3.05, 3.63) is 23.8 Å². The number of carboxylic acid groups (broad SMARTS) is 1. The number of hydrogen-bond acceptors (Lipinski definition) is 7. The maximum atomic E-state index is 12.6. The van der Waals surface area contributed by atoms with Gasteiger partial charge in [-0.2, -0.15) is 0 Å². The highest BCUT2D eigenvalue weighted by Crippen LogP contribution is 2.44. The molecule has 0 amide bonds. The van der Waals surface area contributed by atoms with E-state index in [9.17, 15) is 9.59 Å². The summed E-state index contributed by atoms with van der Waals surface area (Å²) in [6, 6.07) is 0. The van der Waals surface area contributed by atoms with Crippen molar-refractivity contribution < 1.29 is 34.8 Å². The normalized spacial score (nSPS) is 32.9. The van der Waals surface area contributed by atoms with Crippen LogP contribution in [0.15, 0.2) is 23.8 Å². The maximum absolute atomic E-state index is 12.6. The first-order chi connectivity index (χ1) is 16.3. The lowest BCUT2D eigenvalue weighted by atomic mass is 9.66. The number of carboxylic acids is 1. The van der Waals surface area contributed by atoms with E-state index >= 15 is 0 Å². The molecule has 0 fully saturated rings. The number of fused-ring (bicyclic) bond motifs is 1. The zero-order valence-electron chi connectivity index (χ0n) is 22.0. The molecular weight excluding hydrogens is 388 g/mol. The van der Waals surface area contributed by atoms with Crippen LogP contribution >= 0.6 is 0 Å². The SMILES string of the molecule is [2H]OC(=O)C[C@@H](C[C@@H](CC[C@@H]1[C@@H]2C(=C[C@@H](O[2H])C[C@@H]2OC(=O)[C@@H](C)CC)C=C[C@@H]1C)O[2H])O[2H]. The molecular formula is C23H36O7. The second kappa shape index (κ2) is 11.1. The fourth-order valence-corrected chi connectivity index (χ4v) is 4.46. The summed E-state index contributed by atoms with van der Waals surface area (Å²) >= 11 is 0. The Morgan fingerprint density at radius 3 is 2.80 bits per heavy atom. The summed E-state index contributed by atoms with van der Waals surface area (Å²) in [6.45, 7) is 5.86. The van der Waals surface area contributed by atoms with Crippen LogP contribution in [0.3, 0.4) is 0 Å². The smallest absolute Gasteiger partial charge is 0.308 e. The van der Waals surface area contributed by atoms with Crippen LogP contribution in [0.1, 0.15) is 59.3 Å². The van der Waals surface area contributed by atoms with Crippen LogP contribution in [0.5, 0.6) is 0 Å². The fourth-order valence-electron chi connectivity index (χ4n) is 4.46. The third kappa shape index (κ3) is 6.65. The third-order valence-corrected chi connectivity index (χ3v) is 6.38. The van der Waals surface area contributed by atoms with Gasteiger partial charge in [0.05, 0.1) is 30.7 Å². The Balaban J connectivity index is 2.16. The highest BCUT2D eigenvalue weighted by atomic mass is 16.5. The van der Waals surface area contributed by atoms with Crippen LogP contribution in [-0.2, 0) is 14.3 Å². The molecule has 8 atom stereocenters. The Bertz CT molecular complexity index is 732. The summed E-state index contributed by atoms with van der Waals surface area (Å²) in [7, 11) is 0. The van der Waals surface area contributed by atoms with E-state index in [4.69, 9.17) is 20.7 Å². The molecule has 0 radical (unpaired) electrons. The molecule has 0 bridgehead atoms. The minimum atomic E-state index is -0.846. The Kier molecular flexibility index (Phi) is 7.02. The van der Waals surface area contributed by atoms with E-state index in [1.165, 1.54) is 0 Å². The van der Waals surface area contributed by atoms with Crippen LogP contribution in [0.25, 0.3) is 1.43 Å². The lowest BCUT2D eigenvalue weighted by Crippen LogP contribution is -2.43. The van der Waals surface area contributed by atoms with Gasteiger partial charge >= 0.3 is 11.9 Å². The van der Waals surface area contributed by atoms with Gasteiger partial charge in [-0.25, -0.2) is 0 Å². The summed E-state index contributed by atoms with van der Waals surface area (Å²) in [5, 5.41) is 18.1. The number of esters is 1. The van der Waals surface area contributed by atoms with Gasteiger partial charge in [-0.1, -0.05) is 39.0 Å². The molecule has 2 rings (SSSR count). The standard InChI is InChI=1S/C23H36O7/c1-4-13(2)23(29)30-20-11-17(25)9-15-6-5-14(3)19(22(15)20)8-7-16(24)10-18(26)12-21(27)28/h5-6,9,13-14,16-20,22,24-26H,4,7-8,10-12H2,1-3H3,(H,27,28)/t13-,14-,16+,17+,18+,19-,20-,22-/m0/s1/i24D,25D,26D/hD. The fraction of sp³-hybridized carbons (Fsp3) is 0.739. The Morgan fingerprint density at radius 1 is 1.33 bits per heavy atom. The van der Waals surface area contributed by atoms with Crippen LogP contribution in [-0.4, -0.2) is 61.1 Å². The lowest BCUT2D eigenvalue weighted by molar-refractivity contribution is -0.159. The van der Waals surface area contributed by atoms with Crippen molar-refractivity contribution in [1.29, 1.82) is 5.72 Å². The lowest BCUT2D eigenvalue weighted by Gasteiger charge is -2.43. The molecule has 0 saturated carbocycles. The Morgan fingerprint density at radius 2 is 2.13 bits per heavy atom. The molecule has 170 valence electrons. The van der Waals surface area contributed by atoms with Crippen molar-refractivity contribution in [3.63, 3.8) is 0 Å². The third-order valence-electron chi connectivity index (χ3n) is 6.38. The average molecular weight is 429 g/mol. The van der Waals surface area contributed by atoms with Gasteiger partial charge in [0.2, 0.25) is 4.29 Å². The average Bonchev–Trinajstić information content (AvgIpc) is 2.85. The molecule has 0 spiro atoms. The van der Waals surface area contributed by atoms with Gasteiger partial charge in [0.25, 0.3) is 1.43 Å². The largest absolute Gasteiger partial charge is 0.481 e. The highest BCUT2D eigenvalue weighted by molar-refractivity contribution is 5.72. The number of carbonyl (C=O) groups excluding carboxylic acids is 1. The zero-order chi connectivity index (χ0) is 25.3. The predicted octanol–water partition coefficient (Wildman–Crippen LogP) is 2.44. The summed E-state index contributed by atoms with van der Waals surface area (Å²) in [6.07, 6.45) is 5.73. The van der Waals surface area contributed by atoms with Gasteiger partial charge < -0.3 is 25.2 Å². The molecule has 7 heteroatoms. The van der Waals surface area contributed by atoms with Gasteiger partial charge in [-0.15, -0.1) is 0 Å². The van der Waals surface area contributed by atoms with Crippen molar-refractivity contribution in [2.75, 3.05) is 0 Å². The number of aliphatic hydroxyl groups is 3. The summed E-state index contributed by atoms with van der Waals surface area (Å²) in [5.41, 5.74) is 0.974. The van der Waals surface area contributed by atoms with E-state index in [0.29, 0.717) is 25.7 Å². The van der Waals surface area contributed by atoms with E-state index in [2.05, 4.69) is 23.2 Å². The zero-order valence-corrected chi connectivity index (χ0v) is 18.0. The van der Waals surface area contributed by atoms with Gasteiger partial charge in [0.1, 0.15) is 6.10 Å². The predicted molar refractivity (Wildman–Crippen MR) is 111 cm³/mol. The number of aliphatic carboxylic acids is 1. The first-order valence-electron chi connectivity index (χ1n) is 12.5. The van der Waals surface area contributed by atoms with Crippen LogP contribution in [0.4, 0.5) is 0 Å². The van der Waals surface area contributed by atoms with Crippen molar-refractivity contribution in [2.45, 2.75) is 83.7 Å². The minimum absolute atomic E-state index is 0.0766. The van der Waals surface area contributed by atoms with Gasteiger partial charge in [-0.3, -0.25) is 9.59 Å². The second-order valence-corrected chi connectivity index (χ2v) is 8.77. The molecule has 0 aromatic heterocycles. The number of carbonyl (C=O) groups is 2.